The third-order valence-electron chi connectivity index (χ3n) is 4.77. The number of aromatic nitrogens is 1. The minimum absolute atomic E-state index is 0.0164. The van der Waals surface area contributed by atoms with Crippen molar-refractivity contribution in [3.63, 3.8) is 0 Å². The van der Waals surface area contributed by atoms with E-state index in [-0.39, 0.29) is 18.8 Å². The monoisotopic (exact) mass is 519 g/mol. The number of ether oxygens (including phenoxy) is 2. The summed E-state index contributed by atoms with van der Waals surface area (Å²) >= 11 is 2.22. The molecule has 0 amide bonds. The molecule has 1 aromatic heterocycles. The second kappa shape index (κ2) is 10.2. The van der Waals surface area contributed by atoms with E-state index in [0.29, 0.717) is 12.3 Å². The largest absolute Gasteiger partial charge is 0.490 e. The predicted octanol–water partition coefficient (Wildman–Crippen LogP) is 4.03. The van der Waals surface area contributed by atoms with Crippen molar-refractivity contribution in [2.24, 2.45) is 0 Å². The molecule has 0 spiro atoms. The van der Waals surface area contributed by atoms with Crippen LogP contribution in [0.15, 0.2) is 48.7 Å². The molecule has 0 saturated heterocycles. The molecule has 0 saturated carbocycles. The van der Waals surface area contributed by atoms with Crippen LogP contribution < -0.4 is 14.8 Å². The molecule has 3 aromatic rings. The van der Waals surface area contributed by atoms with Gasteiger partial charge in [0, 0.05) is 23.7 Å². The molecule has 3 N–H and O–H groups in total. The lowest BCUT2D eigenvalue weighted by Crippen LogP contribution is -2.46. The zero-order chi connectivity index (χ0) is 21.6. The number of rotatable bonds is 10. The number of halogens is 1. The number of β-amino-alcohol motifs (C(OH)–C–C–N with tert-alkyl or cyclic N) is 1. The molecule has 0 aliphatic heterocycles. The molecule has 0 aliphatic carbocycles. The summed E-state index contributed by atoms with van der Waals surface area (Å²) in [6, 6.07) is 15.6. The molecule has 0 fully saturated rings. The highest BCUT2D eigenvalue weighted by Gasteiger charge is 2.22. The fourth-order valence-corrected chi connectivity index (χ4v) is 3.84. The van der Waals surface area contributed by atoms with E-state index in [1.165, 1.54) is 0 Å². The van der Waals surface area contributed by atoms with Crippen LogP contribution in [0.5, 0.6) is 11.5 Å². The van der Waals surface area contributed by atoms with Crippen LogP contribution in [0.2, 0.25) is 0 Å². The van der Waals surface area contributed by atoms with Crippen molar-refractivity contribution in [1.29, 1.82) is 5.26 Å². The fraction of sp³-hybridized carbons (Fsp3) is 0.348. The Hall–Kier alpha value is -2.28. The number of aromatic amines is 1. The number of benzene rings is 2. The summed E-state index contributed by atoms with van der Waals surface area (Å²) in [5.74, 6) is 1.46. The average molecular weight is 519 g/mol. The molecule has 3 rings (SSSR count). The Morgan fingerprint density at radius 1 is 1.17 bits per heavy atom. The summed E-state index contributed by atoms with van der Waals surface area (Å²) < 4.78 is 12.3. The van der Waals surface area contributed by atoms with E-state index in [1.807, 2.05) is 54.7 Å². The molecule has 0 aliphatic rings. The highest BCUT2D eigenvalue weighted by atomic mass is 127. The third-order valence-corrected chi connectivity index (χ3v) is 5.66. The molecule has 2 aromatic carbocycles. The average Bonchev–Trinajstić information content (AvgIpc) is 3.13. The quantitative estimate of drug-likeness (QED) is 0.352. The van der Waals surface area contributed by atoms with Crippen molar-refractivity contribution in [3.8, 4) is 17.6 Å². The number of H-pyrrole nitrogens is 1. The van der Waals surface area contributed by atoms with E-state index in [0.717, 1.165) is 32.2 Å². The van der Waals surface area contributed by atoms with Gasteiger partial charge in [-0.15, -0.1) is 0 Å². The fourth-order valence-electron chi connectivity index (χ4n) is 3.30. The van der Waals surface area contributed by atoms with E-state index >= 15 is 0 Å². The minimum Gasteiger partial charge on any atom is -0.490 e. The molecule has 7 heteroatoms. The Labute approximate surface area is 190 Å². The lowest BCUT2D eigenvalue weighted by molar-refractivity contribution is 0.0984. The van der Waals surface area contributed by atoms with Gasteiger partial charge in [-0.1, -0.05) is 24.3 Å². The number of nitrogens with zero attached hydrogens (tertiary/aromatic N) is 1. The van der Waals surface area contributed by atoms with Gasteiger partial charge in [-0.25, -0.2) is 0 Å². The first-order chi connectivity index (χ1) is 14.4. The van der Waals surface area contributed by atoms with Crippen LogP contribution in [0.3, 0.4) is 0 Å². The maximum Gasteiger partial charge on any atom is 0.174 e. The lowest BCUT2D eigenvalue weighted by Gasteiger charge is -2.28. The number of fused-ring (bicyclic) bond motifs is 1. The zero-order valence-corrected chi connectivity index (χ0v) is 19.3. The number of aliphatic hydroxyl groups is 1. The first-order valence-corrected chi connectivity index (χ1v) is 10.9. The van der Waals surface area contributed by atoms with Gasteiger partial charge in [0.15, 0.2) is 6.61 Å². The Bertz CT molecular complexity index is 1030. The highest BCUT2D eigenvalue weighted by molar-refractivity contribution is 14.1. The topological polar surface area (TPSA) is 90.3 Å². The van der Waals surface area contributed by atoms with Crippen LogP contribution in [0.25, 0.3) is 10.9 Å². The lowest BCUT2D eigenvalue weighted by atomic mass is 9.94. The number of para-hydroxylation sites is 2. The summed E-state index contributed by atoms with van der Waals surface area (Å²) in [5.41, 5.74) is 1.81. The summed E-state index contributed by atoms with van der Waals surface area (Å²) in [4.78, 5) is 3.26. The molecule has 158 valence electrons. The number of aliphatic hydroxyl groups excluding tert-OH is 1. The first-order valence-electron chi connectivity index (χ1n) is 9.79. The number of nitrogens with one attached hydrogen (secondary N) is 2. The van der Waals surface area contributed by atoms with Gasteiger partial charge < -0.3 is 24.9 Å². The Morgan fingerprint density at radius 3 is 2.70 bits per heavy atom. The molecule has 0 bridgehead atoms. The summed E-state index contributed by atoms with van der Waals surface area (Å²) in [6.07, 6.45) is 2.12. The van der Waals surface area contributed by atoms with Gasteiger partial charge in [-0.05, 0) is 66.6 Å². The normalized spacial score (nSPS) is 12.5. The number of hydrogen-bond donors (Lipinski definition) is 3. The Morgan fingerprint density at radius 2 is 1.93 bits per heavy atom. The van der Waals surface area contributed by atoms with Gasteiger partial charge in [-0.3, -0.25) is 0 Å². The predicted molar refractivity (Wildman–Crippen MR) is 126 cm³/mol. The highest BCUT2D eigenvalue weighted by Crippen LogP contribution is 2.29. The van der Waals surface area contributed by atoms with Crippen molar-refractivity contribution in [2.45, 2.75) is 31.9 Å². The van der Waals surface area contributed by atoms with Crippen LogP contribution in [-0.2, 0) is 6.42 Å². The van der Waals surface area contributed by atoms with Crippen molar-refractivity contribution in [2.75, 3.05) is 19.8 Å². The van der Waals surface area contributed by atoms with E-state index in [9.17, 15) is 5.11 Å². The molecule has 0 radical (unpaired) electrons. The second-order valence-electron chi connectivity index (χ2n) is 7.78. The third kappa shape index (κ3) is 5.88. The van der Waals surface area contributed by atoms with E-state index in [1.54, 1.807) is 0 Å². The van der Waals surface area contributed by atoms with Crippen LogP contribution in [-0.4, -0.2) is 41.5 Å². The molecule has 1 heterocycles. The van der Waals surface area contributed by atoms with Crippen LogP contribution >= 0.6 is 22.6 Å². The van der Waals surface area contributed by atoms with Crippen LogP contribution in [0.4, 0.5) is 0 Å². The van der Waals surface area contributed by atoms with Gasteiger partial charge in [-0.2, -0.15) is 5.26 Å². The van der Waals surface area contributed by atoms with Gasteiger partial charge in [0.25, 0.3) is 0 Å². The second-order valence-corrected chi connectivity index (χ2v) is 8.94. The van der Waals surface area contributed by atoms with Crippen molar-refractivity contribution >= 4 is 33.5 Å². The zero-order valence-electron chi connectivity index (χ0n) is 17.1. The van der Waals surface area contributed by atoms with Gasteiger partial charge >= 0.3 is 0 Å². The molecule has 6 nitrogen and oxygen atoms in total. The summed E-state index contributed by atoms with van der Waals surface area (Å²) in [7, 11) is 0. The summed E-state index contributed by atoms with van der Waals surface area (Å²) in [6.45, 7) is 4.89. The van der Waals surface area contributed by atoms with Crippen molar-refractivity contribution in [1.82, 2.24) is 10.3 Å². The van der Waals surface area contributed by atoms with E-state index in [2.05, 4.69) is 46.7 Å². The van der Waals surface area contributed by atoms with Crippen LogP contribution in [0, 0.1) is 14.9 Å². The van der Waals surface area contributed by atoms with Crippen molar-refractivity contribution < 1.29 is 14.6 Å². The maximum atomic E-state index is 10.3. The van der Waals surface area contributed by atoms with Crippen LogP contribution in [0.1, 0.15) is 19.4 Å². The van der Waals surface area contributed by atoms with Gasteiger partial charge in [0.2, 0.25) is 0 Å². The maximum absolute atomic E-state index is 10.3. The molecule has 30 heavy (non-hydrogen) atoms. The Kier molecular flexibility index (Phi) is 7.58. The molecular weight excluding hydrogens is 493 g/mol. The van der Waals surface area contributed by atoms with Crippen molar-refractivity contribution in [3.05, 3.63) is 57.8 Å². The SMILES string of the molecule is CC(C)(Cc1c[nH]c2c(OCC#N)cccc12)NC[C@H](O)COc1ccccc1I. The molecule has 0 unspecified atom stereocenters. The molecule has 1 atom stereocenters. The van der Waals surface area contributed by atoms with E-state index < -0.39 is 6.10 Å². The van der Waals surface area contributed by atoms with Gasteiger partial charge in [0.1, 0.15) is 30.3 Å². The Balaban J connectivity index is 1.57. The minimum atomic E-state index is -0.616. The standard InChI is InChI=1S/C23H26IN3O3/c1-23(2,27-14-17(28)15-30-20-8-4-3-7-19(20)24)12-16-13-26-22-18(16)6-5-9-21(22)29-11-10-25/h3-9,13,17,26-28H,11-12,14-15H2,1-2H3/t17-/m0/s1. The van der Waals surface area contributed by atoms with Gasteiger partial charge in [0.05, 0.1) is 9.09 Å². The summed E-state index contributed by atoms with van der Waals surface area (Å²) in [5, 5.41) is 23.6. The number of hydrogen-bond acceptors (Lipinski definition) is 5. The number of nitriles is 1. The first kappa shape index (κ1) is 22.4. The van der Waals surface area contributed by atoms with E-state index in [4.69, 9.17) is 14.7 Å². The smallest absolute Gasteiger partial charge is 0.174 e. The molecular formula is C23H26IN3O3.